The maximum atomic E-state index is 12.7. The normalized spacial score (nSPS) is 24.1. The first-order valence-electron chi connectivity index (χ1n) is 6.60. The van der Waals surface area contributed by atoms with Crippen LogP contribution in [0.4, 0.5) is 0 Å². The van der Waals surface area contributed by atoms with E-state index in [9.17, 15) is 4.79 Å². The van der Waals surface area contributed by atoms with Crippen molar-refractivity contribution in [3.63, 3.8) is 0 Å². The van der Waals surface area contributed by atoms with Crippen LogP contribution in [0.2, 0.25) is 0 Å². The Morgan fingerprint density at radius 3 is 2.50 bits per heavy atom. The number of amides is 1. The molecule has 2 atom stereocenters. The molecule has 2 rings (SSSR count). The van der Waals surface area contributed by atoms with Gasteiger partial charge in [-0.25, -0.2) is 0 Å². The zero-order valence-corrected chi connectivity index (χ0v) is 12.8. The summed E-state index contributed by atoms with van der Waals surface area (Å²) in [6.07, 6.45) is 3.45. The predicted molar refractivity (Wildman–Crippen MR) is 77.8 cm³/mol. The number of likely N-dealkylation sites (tertiary alicyclic amines) is 1. The van der Waals surface area contributed by atoms with Gasteiger partial charge in [0.1, 0.15) is 0 Å². The largest absolute Gasteiger partial charge is 0.333 e. The van der Waals surface area contributed by atoms with Gasteiger partial charge in [0.2, 0.25) is 0 Å². The van der Waals surface area contributed by atoms with E-state index in [0.717, 1.165) is 28.4 Å². The van der Waals surface area contributed by atoms with Gasteiger partial charge >= 0.3 is 0 Å². The summed E-state index contributed by atoms with van der Waals surface area (Å²) in [5.41, 5.74) is 1.86. The molecule has 3 heteroatoms. The minimum atomic E-state index is 0.175. The summed E-state index contributed by atoms with van der Waals surface area (Å²) in [5.74, 6) is 0.175. The number of carbonyl (C=O) groups is 1. The van der Waals surface area contributed by atoms with Crippen molar-refractivity contribution >= 4 is 21.8 Å². The second-order valence-corrected chi connectivity index (χ2v) is 6.11. The van der Waals surface area contributed by atoms with Gasteiger partial charge in [0.05, 0.1) is 0 Å². The van der Waals surface area contributed by atoms with E-state index in [1.54, 1.807) is 0 Å². The zero-order chi connectivity index (χ0) is 13.3. The molecule has 1 heterocycles. The Kier molecular flexibility index (Phi) is 4.10. The first-order chi connectivity index (χ1) is 8.52. The first-order valence-corrected chi connectivity index (χ1v) is 7.39. The molecule has 0 saturated carbocycles. The molecule has 0 radical (unpaired) electrons. The molecule has 0 aromatic heterocycles. The van der Waals surface area contributed by atoms with Crippen LogP contribution in [0.25, 0.3) is 0 Å². The van der Waals surface area contributed by atoms with Crippen LogP contribution in [0.3, 0.4) is 0 Å². The molecule has 1 saturated heterocycles. The number of piperidine rings is 1. The highest BCUT2D eigenvalue weighted by Crippen LogP contribution is 2.27. The summed E-state index contributed by atoms with van der Waals surface area (Å²) >= 11 is 3.50. The van der Waals surface area contributed by atoms with Gasteiger partial charge in [-0.3, -0.25) is 4.79 Å². The lowest BCUT2D eigenvalue weighted by molar-refractivity contribution is 0.0510. The van der Waals surface area contributed by atoms with E-state index in [4.69, 9.17) is 0 Å². The molecule has 1 aromatic rings. The van der Waals surface area contributed by atoms with Gasteiger partial charge < -0.3 is 4.90 Å². The van der Waals surface area contributed by atoms with E-state index >= 15 is 0 Å². The fourth-order valence-electron chi connectivity index (χ4n) is 2.80. The number of hydrogen-bond acceptors (Lipinski definition) is 1. The molecule has 18 heavy (non-hydrogen) atoms. The van der Waals surface area contributed by atoms with E-state index in [0.29, 0.717) is 12.1 Å². The maximum absolute atomic E-state index is 12.7. The van der Waals surface area contributed by atoms with Crippen LogP contribution in [0, 0.1) is 6.92 Å². The Bertz CT molecular complexity index is 448. The third-order valence-electron chi connectivity index (χ3n) is 3.93. The van der Waals surface area contributed by atoms with Crippen LogP contribution >= 0.6 is 15.9 Å². The van der Waals surface area contributed by atoms with Gasteiger partial charge in [-0.1, -0.05) is 22.0 Å². The molecule has 0 bridgehead atoms. The summed E-state index contributed by atoms with van der Waals surface area (Å²) in [6, 6.07) is 6.54. The van der Waals surface area contributed by atoms with Gasteiger partial charge in [0.15, 0.2) is 0 Å². The topological polar surface area (TPSA) is 20.3 Å². The van der Waals surface area contributed by atoms with Crippen LogP contribution in [0.15, 0.2) is 22.7 Å². The van der Waals surface area contributed by atoms with E-state index in [1.807, 2.05) is 25.1 Å². The lowest BCUT2D eigenvalue weighted by atomic mass is 9.95. The molecule has 0 aliphatic carbocycles. The maximum Gasteiger partial charge on any atom is 0.254 e. The van der Waals surface area contributed by atoms with Crippen LogP contribution in [0.1, 0.15) is 49.0 Å². The standard InChI is InChI=1S/C15H20BrNO/c1-10-6-4-7-11(2)17(10)15(18)13-8-5-9-14(16)12(13)3/h5,8-11H,4,6-7H2,1-3H3. The van der Waals surface area contributed by atoms with Crippen LogP contribution in [0.5, 0.6) is 0 Å². The fourth-order valence-corrected chi connectivity index (χ4v) is 3.17. The van der Waals surface area contributed by atoms with Gasteiger partial charge in [0, 0.05) is 22.1 Å². The number of nitrogens with zero attached hydrogens (tertiary/aromatic N) is 1. The highest BCUT2D eigenvalue weighted by Gasteiger charge is 2.30. The predicted octanol–water partition coefficient (Wildman–Crippen LogP) is 4.16. The van der Waals surface area contributed by atoms with Gasteiger partial charge in [0.25, 0.3) is 5.91 Å². The number of rotatable bonds is 1. The van der Waals surface area contributed by atoms with Gasteiger partial charge in [-0.05, 0) is 57.7 Å². The molecule has 0 spiro atoms. The summed E-state index contributed by atoms with van der Waals surface area (Å²) in [4.78, 5) is 14.8. The minimum absolute atomic E-state index is 0.175. The van der Waals surface area contributed by atoms with Crippen LogP contribution < -0.4 is 0 Å². The quantitative estimate of drug-likeness (QED) is 0.762. The Morgan fingerprint density at radius 2 is 1.89 bits per heavy atom. The number of halogens is 1. The van der Waals surface area contributed by atoms with Crippen molar-refractivity contribution < 1.29 is 4.79 Å². The molecule has 1 aliphatic heterocycles. The van der Waals surface area contributed by atoms with Crippen molar-refractivity contribution in [2.75, 3.05) is 0 Å². The van der Waals surface area contributed by atoms with Crippen molar-refractivity contribution in [1.29, 1.82) is 0 Å². The third-order valence-corrected chi connectivity index (χ3v) is 4.79. The minimum Gasteiger partial charge on any atom is -0.333 e. The molecular formula is C15H20BrNO. The highest BCUT2D eigenvalue weighted by molar-refractivity contribution is 9.10. The molecular weight excluding hydrogens is 290 g/mol. The Balaban J connectivity index is 2.32. The molecule has 2 unspecified atom stereocenters. The fraction of sp³-hybridized carbons (Fsp3) is 0.533. The second-order valence-electron chi connectivity index (χ2n) is 5.25. The average molecular weight is 310 g/mol. The van der Waals surface area contributed by atoms with Gasteiger partial charge in [-0.2, -0.15) is 0 Å². The van der Waals surface area contributed by atoms with E-state index in [1.165, 1.54) is 6.42 Å². The van der Waals surface area contributed by atoms with Gasteiger partial charge in [-0.15, -0.1) is 0 Å². The number of carbonyl (C=O) groups excluding carboxylic acids is 1. The molecule has 1 amide bonds. The van der Waals surface area contributed by atoms with Crippen molar-refractivity contribution in [3.8, 4) is 0 Å². The van der Waals surface area contributed by atoms with Crippen molar-refractivity contribution in [2.45, 2.75) is 52.1 Å². The molecule has 1 aliphatic rings. The van der Waals surface area contributed by atoms with E-state index < -0.39 is 0 Å². The first kappa shape index (κ1) is 13.6. The lowest BCUT2D eigenvalue weighted by Gasteiger charge is -2.39. The smallest absolute Gasteiger partial charge is 0.254 e. The zero-order valence-electron chi connectivity index (χ0n) is 11.2. The average Bonchev–Trinajstić information content (AvgIpc) is 2.32. The second kappa shape index (κ2) is 5.43. The summed E-state index contributed by atoms with van der Waals surface area (Å²) in [6.45, 7) is 6.30. The monoisotopic (exact) mass is 309 g/mol. The molecule has 98 valence electrons. The summed E-state index contributed by atoms with van der Waals surface area (Å²) in [7, 11) is 0. The lowest BCUT2D eigenvalue weighted by Crippen LogP contribution is -2.47. The van der Waals surface area contributed by atoms with E-state index in [2.05, 4.69) is 34.7 Å². The summed E-state index contributed by atoms with van der Waals surface area (Å²) < 4.78 is 1.01. The molecule has 0 N–H and O–H groups in total. The Hall–Kier alpha value is -0.830. The van der Waals surface area contributed by atoms with E-state index in [-0.39, 0.29) is 5.91 Å². The molecule has 1 aromatic carbocycles. The van der Waals surface area contributed by atoms with Crippen molar-refractivity contribution in [2.24, 2.45) is 0 Å². The van der Waals surface area contributed by atoms with Crippen molar-refractivity contribution in [1.82, 2.24) is 4.90 Å². The number of hydrogen-bond donors (Lipinski definition) is 0. The van der Waals surface area contributed by atoms with Crippen molar-refractivity contribution in [3.05, 3.63) is 33.8 Å². The third kappa shape index (κ3) is 2.46. The summed E-state index contributed by atoms with van der Waals surface area (Å²) in [5, 5.41) is 0. The Labute approximate surface area is 117 Å². The number of benzene rings is 1. The SMILES string of the molecule is Cc1c(Br)cccc1C(=O)N1C(C)CCCC1C. The molecule has 1 fully saturated rings. The van der Waals surface area contributed by atoms with Crippen LogP contribution in [-0.4, -0.2) is 22.9 Å². The molecule has 2 nitrogen and oxygen atoms in total. The van der Waals surface area contributed by atoms with Crippen LogP contribution in [-0.2, 0) is 0 Å². The highest BCUT2D eigenvalue weighted by atomic mass is 79.9. The Morgan fingerprint density at radius 1 is 1.28 bits per heavy atom.